The molecule has 1 aromatic heterocycles. The lowest BCUT2D eigenvalue weighted by Gasteiger charge is -2.06. The summed E-state index contributed by atoms with van der Waals surface area (Å²) in [5.74, 6) is -1.03. The average Bonchev–Trinajstić information content (AvgIpc) is 2.87. The van der Waals surface area contributed by atoms with Crippen molar-refractivity contribution >= 4 is 0 Å². The van der Waals surface area contributed by atoms with E-state index in [9.17, 15) is 17.6 Å². The Labute approximate surface area is 130 Å². The largest absolute Gasteiger partial charge is 0.435 e. The van der Waals surface area contributed by atoms with E-state index in [0.717, 1.165) is 5.56 Å². The Morgan fingerprint density at radius 1 is 0.913 bits per heavy atom. The molecule has 0 aliphatic rings. The smallest absolute Gasteiger partial charge is 0.206 e. The molecule has 118 valence electrons. The number of hydrogen-bond acceptors (Lipinski definition) is 1. The van der Waals surface area contributed by atoms with E-state index in [1.54, 1.807) is 37.3 Å². The first-order chi connectivity index (χ1) is 10.9. The molecule has 0 saturated heterocycles. The maximum atomic E-state index is 14.7. The molecule has 0 spiro atoms. The second-order valence-corrected chi connectivity index (χ2v) is 5.13. The molecule has 0 bridgehead atoms. The Morgan fingerprint density at radius 3 is 2.09 bits per heavy atom. The lowest BCUT2D eigenvalue weighted by atomic mass is 10.0. The van der Waals surface area contributed by atoms with Crippen molar-refractivity contribution < 1.29 is 17.6 Å². The third kappa shape index (κ3) is 2.84. The third-order valence-electron chi connectivity index (χ3n) is 3.44. The highest BCUT2D eigenvalue weighted by Crippen LogP contribution is 2.38. The van der Waals surface area contributed by atoms with E-state index in [1.807, 2.05) is 0 Å². The SMILES string of the molecule is Cc1ccc(-c2c(C(F)(F)F)nn(-c3ccccc3)c2F)cc1. The molecule has 0 atom stereocenters. The molecule has 3 rings (SSSR count). The van der Waals surface area contributed by atoms with Crippen LogP contribution in [0.2, 0.25) is 0 Å². The van der Waals surface area contributed by atoms with E-state index in [0.29, 0.717) is 4.68 Å². The molecule has 1 heterocycles. The molecule has 2 nitrogen and oxygen atoms in total. The second-order valence-electron chi connectivity index (χ2n) is 5.13. The maximum absolute atomic E-state index is 14.7. The summed E-state index contributed by atoms with van der Waals surface area (Å²) in [6, 6.07) is 14.1. The molecule has 0 N–H and O–H groups in total. The van der Waals surface area contributed by atoms with E-state index in [1.165, 1.54) is 24.3 Å². The lowest BCUT2D eigenvalue weighted by Crippen LogP contribution is -2.08. The van der Waals surface area contributed by atoms with Gasteiger partial charge in [-0.25, -0.2) is 4.68 Å². The van der Waals surface area contributed by atoms with Crippen molar-refractivity contribution in [3.63, 3.8) is 0 Å². The number of hydrogen-bond donors (Lipinski definition) is 0. The van der Waals surface area contributed by atoms with E-state index in [2.05, 4.69) is 5.10 Å². The zero-order valence-corrected chi connectivity index (χ0v) is 12.1. The van der Waals surface area contributed by atoms with Crippen LogP contribution in [0.15, 0.2) is 54.6 Å². The van der Waals surface area contributed by atoms with Gasteiger partial charge < -0.3 is 0 Å². The molecule has 0 amide bonds. The molecule has 0 unspecified atom stereocenters. The second kappa shape index (κ2) is 5.53. The van der Waals surface area contributed by atoms with E-state index in [4.69, 9.17) is 0 Å². The van der Waals surface area contributed by atoms with Gasteiger partial charge in [-0.1, -0.05) is 48.0 Å². The molecule has 2 aromatic carbocycles. The summed E-state index contributed by atoms with van der Waals surface area (Å²) in [6.07, 6.45) is -4.75. The van der Waals surface area contributed by atoms with Crippen molar-refractivity contribution in [2.45, 2.75) is 13.1 Å². The maximum Gasteiger partial charge on any atom is 0.435 e. The number of benzene rings is 2. The molecule has 23 heavy (non-hydrogen) atoms. The number of nitrogens with zero attached hydrogens (tertiary/aromatic N) is 2. The molecular weight excluding hydrogens is 308 g/mol. The summed E-state index contributed by atoms with van der Waals surface area (Å²) >= 11 is 0. The highest BCUT2D eigenvalue weighted by Gasteiger charge is 2.40. The Hall–Kier alpha value is -2.63. The predicted molar refractivity (Wildman–Crippen MR) is 78.7 cm³/mol. The number of aryl methyl sites for hydroxylation is 1. The molecule has 0 aliphatic heterocycles. The summed E-state index contributed by atoms with van der Waals surface area (Å²) in [4.78, 5) is 0. The predicted octanol–water partition coefficient (Wildman–Crippen LogP) is 5.01. The van der Waals surface area contributed by atoms with Crippen LogP contribution in [-0.2, 0) is 6.18 Å². The number of para-hydroxylation sites is 1. The van der Waals surface area contributed by atoms with Gasteiger partial charge in [-0.15, -0.1) is 0 Å². The monoisotopic (exact) mass is 320 g/mol. The first-order valence-electron chi connectivity index (χ1n) is 6.86. The van der Waals surface area contributed by atoms with Crippen LogP contribution < -0.4 is 0 Å². The van der Waals surface area contributed by atoms with Crippen molar-refractivity contribution in [3.05, 3.63) is 71.8 Å². The fraction of sp³-hybridized carbons (Fsp3) is 0.118. The van der Waals surface area contributed by atoms with Gasteiger partial charge in [-0.2, -0.15) is 22.7 Å². The Morgan fingerprint density at radius 2 is 1.52 bits per heavy atom. The van der Waals surface area contributed by atoms with Gasteiger partial charge in [0.25, 0.3) is 0 Å². The fourth-order valence-electron chi connectivity index (χ4n) is 2.31. The molecule has 6 heteroatoms. The van der Waals surface area contributed by atoms with Crippen molar-refractivity contribution in [3.8, 4) is 16.8 Å². The standard InChI is InChI=1S/C17H12F4N2/c1-11-7-9-12(10-8-11)14-15(17(19,20)21)22-23(16(14)18)13-5-3-2-4-6-13/h2-10H,1H3. The number of aromatic nitrogens is 2. The Kier molecular flexibility index (Phi) is 3.67. The highest BCUT2D eigenvalue weighted by atomic mass is 19.4. The van der Waals surface area contributed by atoms with Gasteiger partial charge in [0, 0.05) is 0 Å². The van der Waals surface area contributed by atoms with Crippen molar-refractivity contribution in [1.29, 1.82) is 0 Å². The van der Waals surface area contributed by atoms with Crippen LogP contribution in [0.5, 0.6) is 0 Å². The minimum Gasteiger partial charge on any atom is -0.206 e. The van der Waals surface area contributed by atoms with Crippen LogP contribution >= 0.6 is 0 Å². The molecular formula is C17H12F4N2. The van der Waals surface area contributed by atoms with Crippen LogP contribution in [-0.4, -0.2) is 9.78 Å². The van der Waals surface area contributed by atoms with Gasteiger partial charge in [-0.3, -0.25) is 0 Å². The summed E-state index contributed by atoms with van der Waals surface area (Å²) < 4.78 is 55.2. The summed E-state index contributed by atoms with van der Waals surface area (Å²) in [5, 5.41) is 3.47. The fourth-order valence-corrected chi connectivity index (χ4v) is 2.31. The molecule has 0 radical (unpaired) electrons. The molecule has 0 fully saturated rings. The number of alkyl halides is 3. The topological polar surface area (TPSA) is 17.8 Å². The summed E-state index contributed by atoms with van der Waals surface area (Å²) in [6.45, 7) is 1.80. The highest BCUT2D eigenvalue weighted by molar-refractivity contribution is 5.67. The third-order valence-corrected chi connectivity index (χ3v) is 3.44. The minimum atomic E-state index is -4.75. The van der Waals surface area contributed by atoms with Gasteiger partial charge in [0.1, 0.15) is 0 Å². The van der Waals surface area contributed by atoms with Crippen LogP contribution in [0, 0.1) is 12.9 Å². The summed E-state index contributed by atoms with van der Waals surface area (Å²) in [5.41, 5.74) is -0.529. The van der Waals surface area contributed by atoms with E-state index < -0.39 is 23.4 Å². The van der Waals surface area contributed by atoms with Crippen molar-refractivity contribution in [2.75, 3.05) is 0 Å². The van der Waals surface area contributed by atoms with Crippen LogP contribution in [0.25, 0.3) is 16.8 Å². The van der Waals surface area contributed by atoms with Crippen molar-refractivity contribution in [2.24, 2.45) is 0 Å². The number of rotatable bonds is 2. The zero-order valence-electron chi connectivity index (χ0n) is 12.1. The minimum absolute atomic E-state index is 0.141. The van der Waals surface area contributed by atoms with Gasteiger partial charge in [-0.05, 0) is 24.6 Å². The molecule has 3 aromatic rings. The van der Waals surface area contributed by atoms with Crippen LogP contribution in [0.1, 0.15) is 11.3 Å². The first kappa shape index (κ1) is 15.3. The lowest BCUT2D eigenvalue weighted by molar-refractivity contribution is -0.140. The Bertz CT molecular complexity index is 818. The van der Waals surface area contributed by atoms with Crippen molar-refractivity contribution in [1.82, 2.24) is 9.78 Å². The normalized spacial score (nSPS) is 11.7. The van der Waals surface area contributed by atoms with Crippen LogP contribution in [0.3, 0.4) is 0 Å². The van der Waals surface area contributed by atoms with Gasteiger partial charge >= 0.3 is 6.18 Å². The van der Waals surface area contributed by atoms with Gasteiger partial charge in [0.2, 0.25) is 5.95 Å². The quantitative estimate of drug-likeness (QED) is 0.607. The Balaban J connectivity index is 2.25. The van der Waals surface area contributed by atoms with Crippen LogP contribution in [0.4, 0.5) is 17.6 Å². The number of halogens is 4. The first-order valence-corrected chi connectivity index (χ1v) is 6.86. The molecule has 0 aliphatic carbocycles. The molecule has 0 saturated carbocycles. The van der Waals surface area contributed by atoms with Gasteiger partial charge in [0.15, 0.2) is 5.69 Å². The average molecular weight is 320 g/mol. The summed E-state index contributed by atoms with van der Waals surface area (Å²) in [7, 11) is 0. The zero-order chi connectivity index (χ0) is 16.6. The van der Waals surface area contributed by atoms with E-state index in [-0.39, 0.29) is 11.3 Å². The van der Waals surface area contributed by atoms with E-state index >= 15 is 0 Å². The van der Waals surface area contributed by atoms with Gasteiger partial charge in [0.05, 0.1) is 11.3 Å².